The summed E-state index contributed by atoms with van der Waals surface area (Å²) in [4.78, 5) is 14.5. The van der Waals surface area contributed by atoms with E-state index in [1.54, 1.807) is 0 Å². The van der Waals surface area contributed by atoms with Crippen LogP contribution in [-0.2, 0) is 4.74 Å². The van der Waals surface area contributed by atoms with E-state index < -0.39 is 0 Å². The van der Waals surface area contributed by atoms with Crippen LogP contribution >= 0.6 is 0 Å². The number of amides is 1. The number of hydrogen-bond acceptors (Lipinski definition) is 4. The minimum Gasteiger partial charge on any atom is -0.494 e. The quantitative estimate of drug-likeness (QED) is 0.710. The molecule has 0 spiro atoms. The van der Waals surface area contributed by atoms with Gasteiger partial charge in [0, 0.05) is 25.2 Å². The van der Waals surface area contributed by atoms with Crippen LogP contribution in [0.25, 0.3) is 0 Å². The highest BCUT2D eigenvalue weighted by Gasteiger charge is 2.10. The van der Waals surface area contributed by atoms with Crippen molar-refractivity contribution in [3.8, 4) is 5.75 Å². The summed E-state index contributed by atoms with van der Waals surface area (Å²) in [6, 6.07) is 7.35. The van der Waals surface area contributed by atoms with E-state index >= 15 is 0 Å². The third kappa shape index (κ3) is 6.59. The van der Waals surface area contributed by atoms with Crippen molar-refractivity contribution in [2.24, 2.45) is 0 Å². The van der Waals surface area contributed by atoms with Crippen LogP contribution in [0.3, 0.4) is 0 Å². The van der Waals surface area contributed by atoms with Crippen molar-refractivity contribution in [2.75, 3.05) is 46.0 Å². The molecule has 5 nitrogen and oxygen atoms in total. The molecule has 1 aliphatic rings. The average molecular weight is 320 g/mol. The standard InChI is InChI=1S/C18H28N2O3/c1-2-3-13-23-17-7-5-16(6-8-17)18(21)19-9-4-10-20-11-14-22-15-12-20/h5-8H,2-4,9-15H2,1H3,(H,19,21). The van der Waals surface area contributed by atoms with E-state index in [-0.39, 0.29) is 5.91 Å². The minimum atomic E-state index is -0.0212. The molecule has 5 heteroatoms. The maximum atomic E-state index is 12.1. The van der Waals surface area contributed by atoms with E-state index in [9.17, 15) is 4.79 Å². The van der Waals surface area contributed by atoms with Gasteiger partial charge in [-0.15, -0.1) is 0 Å². The molecule has 23 heavy (non-hydrogen) atoms. The lowest BCUT2D eigenvalue weighted by Gasteiger charge is -2.26. The topological polar surface area (TPSA) is 50.8 Å². The normalized spacial score (nSPS) is 15.3. The molecular weight excluding hydrogens is 292 g/mol. The monoisotopic (exact) mass is 320 g/mol. The summed E-state index contributed by atoms with van der Waals surface area (Å²) < 4.78 is 10.9. The summed E-state index contributed by atoms with van der Waals surface area (Å²) in [5, 5.41) is 2.97. The highest BCUT2D eigenvalue weighted by atomic mass is 16.5. The van der Waals surface area contributed by atoms with Crippen LogP contribution < -0.4 is 10.1 Å². The Kier molecular flexibility index (Phi) is 7.90. The van der Waals surface area contributed by atoms with E-state index in [0.29, 0.717) is 12.1 Å². The molecule has 0 radical (unpaired) electrons. The van der Waals surface area contributed by atoms with Gasteiger partial charge in [0.25, 0.3) is 5.91 Å². The van der Waals surface area contributed by atoms with E-state index in [1.165, 1.54) is 0 Å². The molecule has 0 aliphatic carbocycles. The summed E-state index contributed by atoms with van der Waals surface area (Å²) >= 11 is 0. The summed E-state index contributed by atoms with van der Waals surface area (Å²) in [6.45, 7) is 8.19. The maximum Gasteiger partial charge on any atom is 0.251 e. The van der Waals surface area contributed by atoms with Gasteiger partial charge in [-0.3, -0.25) is 9.69 Å². The van der Waals surface area contributed by atoms with Crippen LogP contribution in [0.15, 0.2) is 24.3 Å². The van der Waals surface area contributed by atoms with Crippen molar-refractivity contribution in [3.05, 3.63) is 29.8 Å². The number of nitrogens with one attached hydrogen (secondary N) is 1. The van der Waals surface area contributed by atoms with E-state index in [1.807, 2.05) is 24.3 Å². The number of unbranched alkanes of at least 4 members (excludes halogenated alkanes) is 1. The summed E-state index contributed by atoms with van der Waals surface area (Å²) in [5.41, 5.74) is 0.680. The van der Waals surface area contributed by atoms with Crippen molar-refractivity contribution in [2.45, 2.75) is 26.2 Å². The first-order valence-corrected chi connectivity index (χ1v) is 8.60. The number of nitrogens with zero attached hydrogens (tertiary/aromatic N) is 1. The molecule has 0 unspecified atom stereocenters. The Morgan fingerprint density at radius 2 is 1.96 bits per heavy atom. The molecule has 128 valence electrons. The number of hydrogen-bond donors (Lipinski definition) is 1. The van der Waals surface area contributed by atoms with Crippen molar-refractivity contribution in [1.82, 2.24) is 10.2 Å². The molecule has 2 rings (SSSR count). The van der Waals surface area contributed by atoms with Gasteiger partial charge in [0.15, 0.2) is 0 Å². The number of benzene rings is 1. The van der Waals surface area contributed by atoms with Gasteiger partial charge in [-0.2, -0.15) is 0 Å². The van der Waals surface area contributed by atoms with E-state index in [4.69, 9.17) is 9.47 Å². The second-order valence-electron chi connectivity index (χ2n) is 5.79. The highest BCUT2D eigenvalue weighted by Crippen LogP contribution is 2.12. The van der Waals surface area contributed by atoms with Gasteiger partial charge in [-0.25, -0.2) is 0 Å². The third-order valence-electron chi connectivity index (χ3n) is 3.92. The predicted octanol–water partition coefficient (Wildman–Crippen LogP) is 2.32. The van der Waals surface area contributed by atoms with Gasteiger partial charge in [0.1, 0.15) is 5.75 Å². The smallest absolute Gasteiger partial charge is 0.251 e. The maximum absolute atomic E-state index is 12.1. The van der Waals surface area contributed by atoms with Crippen LogP contribution in [0.5, 0.6) is 5.75 Å². The van der Waals surface area contributed by atoms with Crippen LogP contribution in [0.4, 0.5) is 0 Å². The zero-order valence-corrected chi connectivity index (χ0v) is 14.1. The Morgan fingerprint density at radius 3 is 2.65 bits per heavy atom. The molecule has 1 aromatic rings. The summed E-state index contributed by atoms with van der Waals surface area (Å²) in [7, 11) is 0. The summed E-state index contributed by atoms with van der Waals surface area (Å²) in [6.07, 6.45) is 3.13. The first kappa shape index (κ1) is 17.8. The molecule has 1 fully saturated rings. The first-order valence-electron chi connectivity index (χ1n) is 8.60. The molecule has 0 atom stereocenters. The van der Waals surface area contributed by atoms with Crippen LogP contribution in [0.2, 0.25) is 0 Å². The highest BCUT2D eigenvalue weighted by molar-refractivity contribution is 5.94. The van der Waals surface area contributed by atoms with Crippen molar-refractivity contribution in [1.29, 1.82) is 0 Å². The Balaban J connectivity index is 1.64. The third-order valence-corrected chi connectivity index (χ3v) is 3.92. The van der Waals surface area contributed by atoms with Crippen molar-refractivity contribution in [3.63, 3.8) is 0 Å². The van der Waals surface area contributed by atoms with Crippen molar-refractivity contribution >= 4 is 5.91 Å². The van der Waals surface area contributed by atoms with Gasteiger partial charge in [0.05, 0.1) is 19.8 Å². The van der Waals surface area contributed by atoms with E-state index in [2.05, 4.69) is 17.1 Å². The average Bonchev–Trinajstić information content (AvgIpc) is 2.60. The molecule has 1 aromatic carbocycles. The molecule has 0 aromatic heterocycles. The minimum absolute atomic E-state index is 0.0212. The molecule has 1 amide bonds. The number of rotatable bonds is 9. The van der Waals surface area contributed by atoms with Gasteiger partial charge in [-0.05, 0) is 43.7 Å². The zero-order valence-electron chi connectivity index (χ0n) is 14.1. The number of carbonyl (C=O) groups excluding carboxylic acids is 1. The van der Waals surface area contributed by atoms with Crippen LogP contribution in [-0.4, -0.2) is 56.8 Å². The van der Waals surface area contributed by atoms with Crippen molar-refractivity contribution < 1.29 is 14.3 Å². The Hall–Kier alpha value is -1.59. The van der Waals surface area contributed by atoms with Gasteiger partial charge < -0.3 is 14.8 Å². The lowest BCUT2D eigenvalue weighted by molar-refractivity contribution is 0.0374. The molecule has 1 aliphatic heterocycles. The number of morpholine rings is 1. The Morgan fingerprint density at radius 1 is 1.22 bits per heavy atom. The second-order valence-corrected chi connectivity index (χ2v) is 5.79. The molecule has 1 N–H and O–H groups in total. The molecule has 0 saturated carbocycles. The largest absolute Gasteiger partial charge is 0.494 e. The lowest BCUT2D eigenvalue weighted by Crippen LogP contribution is -2.38. The first-order chi connectivity index (χ1) is 11.3. The fraction of sp³-hybridized carbons (Fsp3) is 0.611. The number of ether oxygens (including phenoxy) is 2. The van der Waals surface area contributed by atoms with Crippen LogP contribution in [0, 0.1) is 0 Å². The zero-order chi connectivity index (χ0) is 16.3. The lowest BCUT2D eigenvalue weighted by atomic mass is 10.2. The van der Waals surface area contributed by atoms with Gasteiger partial charge in [0.2, 0.25) is 0 Å². The van der Waals surface area contributed by atoms with Gasteiger partial charge >= 0.3 is 0 Å². The molecular formula is C18H28N2O3. The van der Waals surface area contributed by atoms with Gasteiger partial charge in [-0.1, -0.05) is 13.3 Å². The second kappa shape index (κ2) is 10.2. The summed E-state index contributed by atoms with van der Waals surface area (Å²) in [5.74, 6) is 0.800. The van der Waals surface area contributed by atoms with E-state index in [0.717, 1.165) is 64.5 Å². The molecule has 0 bridgehead atoms. The van der Waals surface area contributed by atoms with Crippen LogP contribution in [0.1, 0.15) is 36.5 Å². The Labute approximate surface area is 139 Å². The predicted molar refractivity (Wildman–Crippen MR) is 91.1 cm³/mol. The Bertz CT molecular complexity index is 456. The fourth-order valence-electron chi connectivity index (χ4n) is 2.47. The fourth-order valence-corrected chi connectivity index (χ4v) is 2.47. The molecule has 1 saturated heterocycles. The molecule has 1 heterocycles. The number of carbonyl (C=O) groups is 1. The SMILES string of the molecule is CCCCOc1ccc(C(=O)NCCCN2CCOCC2)cc1.